The van der Waals surface area contributed by atoms with Gasteiger partial charge >= 0.3 is 0 Å². The molecule has 0 spiro atoms. The minimum absolute atomic E-state index is 0.0398. The number of carbonyl (C=O) groups is 1. The molecule has 2 aromatic rings. The molecule has 1 amide bonds. The summed E-state index contributed by atoms with van der Waals surface area (Å²) in [6, 6.07) is 6.35. The summed E-state index contributed by atoms with van der Waals surface area (Å²) >= 11 is 0. The molecule has 0 unspecified atom stereocenters. The van der Waals surface area contributed by atoms with E-state index in [1.165, 1.54) is 24.5 Å². The zero-order valence-corrected chi connectivity index (χ0v) is 14.5. The first-order valence-corrected chi connectivity index (χ1v) is 9.59. The summed E-state index contributed by atoms with van der Waals surface area (Å²) in [6.45, 7) is 2.88. The number of carbonyl (C=O) groups excluding carboxylic acids is 1. The highest BCUT2D eigenvalue weighted by atomic mass is 32.2. The largest absolute Gasteiger partial charge is 0.378 e. The van der Waals surface area contributed by atoms with Gasteiger partial charge < -0.3 is 15.0 Å². The zero-order chi connectivity index (χ0) is 17.9. The summed E-state index contributed by atoms with van der Waals surface area (Å²) in [5.41, 5.74) is 0.818. The van der Waals surface area contributed by atoms with Crippen molar-refractivity contribution in [3.8, 4) is 0 Å². The number of rotatable bonds is 4. The van der Waals surface area contributed by atoms with E-state index in [1.54, 1.807) is 12.1 Å². The van der Waals surface area contributed by atoms with Crippen LogP contribution in [0.5, 0.6) is 0 Å². The Kier molecular flexibility index (Phi) is 4.95. The minimum Gasteiger partial charge on any atom is -0.378 e. The fourth-order valence-electron chi connectivity index (χ4n) is 2.38. The van der Waals surface area contributed by atoms with E-state index in [2.05, 4.69) is 20.2 Å². The van der Waals surface area contributed by atoms with Crippen LogP contribution in [0.2, 0.25) is 0 Å². The SMILES string of the molecule is CS(=O)(=O)c1ccc(NC(=O)c2ccc(N3CCOCC3)nc2)cn1. The third kappa shape index (κ3) is 4.31. The summed E-state index contributed by atoms with van der Waals surface area (Å²) in [7, 11) is -3.36. The van der Waals surface area contributed by atoms with E-state index in [9.17, 15) is 13.2 Å². The molecule has 0 aromatic carbocycles. The Balaban J connectivity index is 1.66. The van der Waals surface area contributed by atoms with Crippen LogP contribution in [0.25, 0.3) is 0 Å². The topological polar surface area (TPSA) is 101 Å². The molecule has 1 aliphatic heterocycles. The third-order valence-electron chi connectivity index (χ3n) is 3.72. The van der Waals surface area contributed by atoms with Gasteiger partial charge in [-0.1, -0.05) is 0 Å². The van der Waals surface area contributed by atoms with Gasteiger partial charge in [0.15, 0.2) is 14.9 Å². The van der Waals surface area contributed by atoms with Crippen molar-refractivity contribution in [2.24, 2.45) is 0 Å². The van der Waals surface area contributed by atoms with Gasteiger partial charge in [0.1, 0.15) is 5.82 Å². The highest BCUT2D eigenvalue weighted by molar-refractivity contribution is 7.90. The lowest BCUT2D eigenvalue weighted by Crippen LogP contribution is -2.36. The van der Waals surface area contributed by atoms with Crippen molar-refractivity contribution in [3.05, 3.63) is 42.2 Å². The van der Waals surface area contributed by atoms with Crippen molar-refractivity contribution in [1.82, 2.24) is 9.97 Å². The lowest BCUT2D eigenvalue weighted by atomic mass is 10.2. The molecule has 0 aliphatic carbocycles. The van der Waals surface area contributed by atoms with Crippen LogP contribution < -0.4 is 10.2 Å². The van der Waals surface area contributed by atoms with E-state index >= 15 is 0 Å². The highest BCUT2D eigenvalue weighted by Crippen LogP contribution is 2.15. The number of aromatic nitrogens is 2. The van der Waals surface area contributed by atoms with E-state index < -0.39 is 9.84 Å². The molecule has 1 N–H and O–H groups in total. The molecule has 132 valence electrons. The van der Waals surface area contributed by atoms with Crippen LogP contribution in [-0.2, 0) is 14.6 Å². The molecule has 8 nitrogen and oxygen atoms in total. The van der Waals surface area contributed by atoms with Crippen LogP contribution in [0, 0.1) is 0 Å². The predicted molar refractivity (Wildman–Crippen MR) is 92.6 cm³/mol. The van der Waals surface area contributed by atoms with E-state index in [-0.39, 0.29) is 10.9 Å². The van der Waals surface area contributed by atoms with Gasteiger partial charge in [-0.3, -0.25) is 4.79 Å². The maximum absolute atomic E-state index is 12.3. The summed E-state index contributed by atoms with van der Waals surface area (Å²) in [5, 5.41) is 2.63. The molecular formula is C16H18N4O4S. The lowest BCUT2D eigenvalue weighted by molar-refractivity contribution is 0.102. The van der Waals surface area contributed by atoms with Crippen LogP contribution in [0.1, 0.15) is 10.4 Å². The fourth-order valence-corrected chi connectivity index (χ4v) is 2.94. The van der Waals surface area contributed by atoms with Gasteiger partial charge in [0.25, 0.3) is 5.91 Å². The number of ether oxygens (including phenoxy) is 1. The zero-order valence-electron chi connectivity index (χ0n) is 13.7. The molecule has 9 heteroatoms. The number of sulfone groups is 1. The summed E-state index contributed by atoms with van der Waals surface area (Å²) in [6.07, 6.45) is 3.90. The number of anilines is 2. The van der Waals surface area contributed by atoms with E-state index in [1.807, 2.05) is 0 Å². The first-order chi connectivity index (χ1) is 11.9. The van der Waals surface area contributed by atoms with Crippen molar-refractivity contribution < 1.29 is 17.9 Å². The number of nitrogens with zero attached hydrogens (tertiary/aromatic N) is 3. The first-order valence-electron chi connectivity index (χ1n) is 7.70. The van der Waals surface area contributed by atoms with Gasteiger partial charge in [-0.25, -0.2) is 18.4 Å². The summed E-state index contributed by atoms with van der Waals surface area (Å²) in [5.74, 6) is 0.467. The van der Waals surface area contributed by atoms with Gasteiger partial charge in [0.2, 0.25) is 0 Å². The second-order valence-corrected chi connectivity index (χ2v) is 7.58. The third-order valence-corrected chi connectivity index (χ3v) is 4.72. The number of hydrogen-bond acceptors (Lipinski definition) is 7. The van der Waals surface area contributed by atoms with Gasteiger partial charge in [-0.2, -0.15) is 0 Å². The Hall–Kier alpha value is -2.52. The standard InChI is InChI=1S/C16H18N4O4S/c1-25(22,23)15-5-3-13(11-18-15)19-16(21)12-2-4-14(17-10-12)20-6-8-24-9-7-20/h2-5,10-11H,6-9H2,1H3,(H,19,21). The van der Waals surface area contributed by atoms with Crippen LogP contribution >= 0.6 is 0 Å². The molecular weight excluding hydrogens is 344 g/mol. The fraction of sp³-hybridized carbons (Fsp3) is 0.312. The molecule has 0 saturated carbocycles. The molecule has 3 heterocycles. The molecule has 1 aliphatic rings. The van der Waals surface area contributed by atoms with Gasteiger partial charge in [0, 0.05) is 25.5 Å². The number of morpholine rings is 1. The van der Waals surface area contributed by atoms with Crippen molar-refractivity contribution in [1.29, 1.82) is 0 Å². The average Bonchev–Trinajstić information content (AvgIpc) is 2.62. The minimum atomic E-state index is -3.36. The molecule has 0 bridgehead atoms. The average molecular weight is 362 g/mol. The molecule has 1 fully saturated rings. The molecule has 0 atom stereocenters. The maximum atomic E-state index is 12.3. The van der Waals surface area contributed by atoms with Crippen molar-refractivity contribution in [3.63, 3.8) is 0 Å². The van der Waals surface area contributed by atoms with E-state index in [4.69, 9.17) is 4.74 Å². The molecule has 25 heavy (non-hydrogen) atoms. The van der Waals surface area contributed by atoms with Crippen LogP contribution in [-0.4, -0.2) is 56.9 Å². The summed E-state index contributed by atoms with van der Waals surface area (Å²) < 4.78 is 28.1. The Morgan fingerprint density at radius 1 is 1.12 bits per heavy atom. The molecule has 2 aromatic heterocycles. The van der Waals surface area contributed by atoms with Gasteiger partial charge in [0.05, 0.1) is 30.7 Å². The molecule has 1 saturated heterocycles. The number of pyridine rings is 2. The Morgan fingerprint density at radius 3 is 2.44 bits per heavy atom. The lowest BCUT2D eigenvalue weighted by Gasteiger charge is -2.27. The van der Waals surface area contributed by atoms with E-state index in [0.717, 1.165) is 25.2 Å². The number of nitrogens with one attached hydrogen (secondary N) is 1. The smallest absolute Gasteiger partial charge is 0.257 e. The normalized spacial score (nSPS) is 15.0. The highest BCUT2D eigenvalue weighted by Gasteiger charge is 2.14. The predicted octanol–water partition coefficient (Wildman–Crippen LogP) is 0.969. The second kappa shape index (κ2) is 7.16. The van der Waals surface area contributed by atoms with Gasteiger partial charge in [-0.05, 0) is 24.3 Å². The number of hydrogen-bond donors (Lipinski definition) is 1. The Morgan fingerprint density at radius 2 is 1.88 bits per heavy atom. The van der Waals surface area contributed by atoms with Crippen LogP contribution in [0.4, 0.5) is 11.5 Å². The molecule has 0 radical (unpaired) electrons. The van der Waals surface area contributed by atoms with Crippen molar-refractivity contribution in [2.45, 2.75) is 5.03 Å². The monoisotopic (exact) mass is 362 g/mol. The van der Waals surface area contributed by atoms with Gasteiger partial charge in [-0.15, -0.1) is 0 Å². The second-order valence-electron chi connectivity index (χ2n) is 5.62. The maximum Gasteiger partial charge on any atom is 0.257 e. The van der Waals surface area contributed by atoms with Crippen molar-refractivity contribution >= 4 is 27.2 Å². The Bertz CT molecular complexity index is 845. The Labute approximate surface area is 145 Å². The van der Waals surface area contributed by atoms with Crippen LogP contribution in [0.15, 0.2) is 41.7 Å². The first kappa shape index (κ1) is 17.3. The van der Waals surface area contributed by atoms with E-state index in [0.29, 0.717) is 24.5 Å². The molecule has 3 rings (SSSR count). The van der Waals surface area contributed by atoms with Crippen LogP contribution in [0.3, 0.4) is 0 Å². The summed E-state index contributed by atoms with van der Waals surface area (Å²) in [4.78, 5) is 22.5. The van der Waals surface area contributed by atoms with Crippen molar-refractivity contribution in [2.75, 3.05) is 42.8 Å². The quantitative estimate of drug-likeness (QED) is 0.865. The number of amides is 1.